The number of carbonyl (C=O) groups excluding carboxylic acids is 1. The van der Waals surface area contributed by atoms with Crippen molar-refractivity contribution in [2.75, 3.05) is 20.1 Å². The fourth-order valence-corrected chi connectivity index (χ4v) is 0.935. The highest BCUT2D eigenvalue weighted by Crippen LogP contribution is 1.88. The number of aliphatic hydroxyl groups is 1. The van der Waals surface area contributed by atoms with E-state index in [0.29, 0.717) is 6.42 Å². The van der Waals surface area contributed by atoms with E-state index in [9.17, 15) is 4.79 Å². The van der Waals surface area contributed by atoms with E-state index in [1.165, 1.54) is 0 Å². The van der Waals surface area contributed by atoms with E-state index < -0.39 is 0 Å². The molecule has 0 aliphatic rings. The molecule has 4 heteroatoms. The molecular weight excluding hydrogens is 168 g/mol. The molecule has 0 aromatic carbocycles. The Labute approximate surface area is 79.7 Å². The van der Waals surface area contributed by atoms with E-state index in [1.54, 1.807) is 14.0 Å². The normalized spacial score (nSPS) is 12.5. The quantitative estimate of drug-likeness (QED) is 0.488. The van der Waals surface area contributed by atoms with Gasteiger partial charge >= 0.3 is 0 Å². The summed E-state index contributed by atoms with van der Waals surface area (Å²) in [5.74, 6) is 0.0809. The van der Waals surface area contributed by atoms with Crippen LogP contribution in [0.5, 0.6) is 0 Å². The van der Waals surface area contributed by atoms with Gasteiger partial charge in [0.05, 0.1) is 6.10 Å². The van der Waals surface area contributed by atoms with Crippen molar-refractivity contribution in [3.8, 4) is 0 Å². The van der Waals surface area contributed by atoms with Crippen LogP contribution in [0.3, 0.4) is 0 Å². The van der Waals surface area contributed by atoms with Gasteiger partial charge in [-0.1, -0.05) is 0 Å². The summed E-state index contributed by atoms with van der Waals surface area (Å²) in [6.45, 7) is 3.41. The lowest BCUT2D eigenvalue weighted by atomic mass is 10.2. The predicted octanol–water partition coefficient (Wildman–Crippen LogP) is -0.127. The SMILES string of the molecule is CNC(=O)CCCNCCC(C)O. The Kier molecular flexibility index (Phi) is 7.63. The maximum absolute atomic E-state index is 10.8. The highest BCUT2D eigenvalue weighted by molar-refractivity contribution is 5.75. The maximum Gasteiger partial charge on any atom is 0.219 e. The molecule has 0 radical (unpaired) electrons. The molecule has 1 amide bonds. The van der Waals surface area contributed by atoms with E-state index in [0.717, 1.165) is 25.9 Å². The molecule has 1 unspecified atom stereocenters. The first-order valence-corrected chi connectivity index (χ1v) is 4.76. The van der Waals surface area contributed by atoms with Crippen LogP contribution in [0, 0.1) is 0 Å². The predicted molar refractivity (Wildman–Crippen MR) is 52.5 cm³/mol. The molecule has 0 aromatic rings. The number of amides is 1. The van der Waals surface area contributed by atoms with Crippen LogP contribution in [0.2, 0.25) is 0 Å². The largest absolute Gasteiger partial charge is 0.393 e. The first-order chi connectivity index (χ1) is 6.16. The highest BCUT2D eigenvalue weighted by Gasteiger charge is 1.97. The number of hydrogen-bond acceptors (Lipinski definition) is 3. The van der Waals surface area contributed by atoms with Crippen molar-refractivity contribution in [2.45, 2.75) is 32.3 Å². The molecule has 1 atom stereocenters. The van der Waals surface area contributed by atoms with E-state index in [1.807, 2.05) is 0 Å². The Bertz CT molecular complexity index is 138. The molecule has 78 valence electrons. The Morgan fingerprint density at radius 3 is 2.69 bits per heavy atom. The molecule has 0 rings (SSSR count). The Morgan fingerprint density at radius 1 is 1.46 bits per heavy atom. The van der Waals surface area contributed by atoms with Crippen LogP contribution in [0.15, 0.2) is 0 Å². The summed E-state index contributed by atoms with van der Waals surface area (Å²) < 4.78 is 0. The van der Waals surface area contributed by atoms with Crippen molar-refractivity contribution < 1.29 is 9.90 Å². The number of hydrogen-bond donors (Lipinski definition) is 3. The molecule has 0 aliphatic heterocycles. The summed E-state index contributed by atoms with van der Waals surface area (Å²) >= 11 is 0. The smallest absolute Gasteiger partial charge is 0.219 e. The van der Waals surface area contributed by atoms with Crippen molar-refractivity contribution >= 4 is 5.91 Å². The molecule has 0 bridgehead atoms. The van der Waals surface area contributed by atoms with Gasteiger partial charge in [0.2, 0.25) is 5.91 Å². The van der Waals surface area contributed by atoms with Gasteiger partial charge in [0.15, 0.2) is 0 Å². The zero-order valence-corrected chi connectivity index (χ0v) is 8.47. The second-order valence-electron chi connectivity index (χ2n) is 3.16. The van der Waals surface area contributed by atoms with Gasteiger partial charge in [-0.2, -0.15) is 0 Å². The fourth-order valence-electron chi connectivity index (χ4n) is 0.935. The number of aliphatic hydroxyl groups excluding tert-OH is 1. The van der Waals surface area contributed by atoms with Gasteiger partial charge in [0, 0.05) is 13.5 Å². The molecule has 0 saturated carbocycles. The molecule has 0 aromatic heterocycles. The van der Waals surface area contributed by atoms with Gasteiger partial charge in [-0.05, 0) is 32.9 Å². The minimum absolute atomic E-state index is 0.0809. The lowest BCUT2D eigenvalue weighted by Crippen LogP contribution is -2.23. The molecule has 0 spiro atoms. The zero-order valence-electron chi connectivity index (χ0n) is 8.47. The van der Waals surface area contributed by atoms with Crippen LogP contribution < -0.4 is 10.6 Å². The van der Waals surface area contributed by atoms with Crippen LogP contribution in [0.25, 0.3) is 0 Å². The third-order valence-electron chi connectivity index (χ3n) is 1.78. The van der Waals surface area contributed by atoms with Gasteiger partial charge in [0.1, 0.15) is 0 Å². The lowest BCUT2D eigenvalue weighted by molar-refractivity contribution is -0.120. The van der Waals surface area contributed by atoms with E-state index >= 15 is 0 Å². The van der Waals surface area contributed by atoms with Crippen LogP contribution in [-0.4, -0.2) is 37.3 Å². The van der Waals surface area contributed by atoms with Crippen LogP contribution in [-0.2, 0) is 4.79 Å². The van der Waals surface area contributed by atoms with Gasteiger partial charge in [-0.15, -0.1) is 0 Å². The Balaban J connectivity index is 3.04. The molecule has 4 nitrogen and oxygen atoms in total. The third kappa shape index (κ3) is 9.30. The Hall–Kier alpha value is -0.610. The van der Waals surface area contributed by atoms with Crippen molar-refractivity contribution in [3.05, 3.63) is 0 Å². The first-order valence-electron chi connectivity index (χ1n) is 4.76. The zero-order chi connectivity index (χ0) is 10.1. The summed E-state index contributed by atoms with van der Waals surface area (Å²) in [5, 5.41) is 14.7. The minimum atomic E-state index is -0.244. The van der Waals surface area contributed by atoms with Gasteiger partial charge in [-0.25, -0.2) is 0 Å². The van der Waals surface area contributed by atoms with Crippen LogP contribution >= 0.6 is 0 Å². The number of rotatable bonds is 7. The van der Waals surface area contributed by atoms with E-state index in [2.05, 4.69) is 10.6 Å². The molecule has 0 saturated heterocycles. The maximum atomic E-state index is 10.8. The summed E-state index contributed by atoms with van der Waals surface area (Å²) in [6, 6.07) is 0. The van der Waals surface area contributed by atoms with Crippen molar-refractivity contribution in [3.63, 3.8) is 0 Å². The van der Waals surface area contributed by atoms with Crippen molar-refractivity contribution in [1.29, 1.82) is 0 Å². The average Bonchev–Trinajstić information content (AvgIpc) is 2.10. The number of nitrogens with one attached hydrogen (secondary N) is 2. The fraction of sp³-hybridized carbons (Fsp3) is 0.889. The first kappa shape index (κ1) is 12.4. The van der Waals surface area contributed by atoms with Crippen molar-refractivity contribution in [1.82, 2.24) is 10.6 Å². The third-order valence-corrected chi connectivity index (χ3v) is 1.78. The monoisotopic (exact) mass is 188 g/mol. The molecule has 3 N–H and O–H groups in total. The Morgan fingerprint density at radius 2 is 2.15 bits per heavy atom. The van der Waals surface area contributed by atoms with Crippen molar-refractivity contribution in [2.24, 2.45) is 0 Å². The summed E-state index contributed by atoms with van der Waals surface area (Å²) in [5.41, 5.74) is 0. The topological polar surface area (TPSA) is 61.4 Å². The lowest BCUT2D eigenvalue weighted by Gasteiger charge is -2.05. The molecule has 0 fully saturated rings. The second-order valence-corrected chi connectivity index (χ2v) is 3.16. The van der Waals surface area contributed by atoms with Crippen LogP contribution in [0.4, 0.5) is 0 Å². The van der Waals surface area contributed by atoms with E-state index in [-0.39, 0.29) is 12.0 Å². The second kappa shape index (κ2) is 8.01. The average molecular weight is 188 g/mol. The van der Waals surface area contributed by atoms with E-state index in [4.69, 9.17) is 5.11 Å². The summed E-state index contributed by atoms with van der Waals surface area (Å²) in [7, 11) is 1.64. The summed E-state index contributed by atoms with van der Waals surface area (Å²) in [4.78, 5) is 10.8. The number of carbonyl (C=O) groups is 1. The summed E-state index contributed by atoms with van der Waals surface area (Å²) in [6.07, 6.45) is 1.93. The van der Waals surface area contributed by atoms with Crippen LogP contribution in [0.1, 0.15) is 26.2 Å². The molecule has 0 heterocycles. The van der Waals surface area contributed by atoms with Gasteiger partial charge in [-0.3, -0.25) is 4.79 Å². The highest BCUT2D eigenvalue weighted by atomic mass is 16.3. The minimum Gasteiger partial charge on any atom is -0.393 e. The molecule has 13 heavy (non-hydrogen) atoms. The van der Waals surface area contributed by atoms with Gasteiger partial charge < -0.3 is 15.7 Å². The molecular formula is C9H20N2O2. The standard InChI is InChI=1S/C9H20N2O2/c1-8(12)5-7-11-6-3-4-9(13)10-2/h8,11-12H,3-7H2,1-2H3,(H,10,13). The van der Waals surface area contributed by atoms with Gasteiger partial charge in [0.25, 0.3) is 0 Å². The molecule has 0 aliphatic carbocycles.